The SMILES string of the molecule is C.CCN1CC(CCC(C)(C)C)C1.CCN1CC(COC(C)C)C1.CCN1CCC(CC(O)COC(C)(C)C)C1.CCN1CCC(CCC(C)(C)C)C1.CCN1CCC(CCCOC(C)(C)C)C1.CCN1CCC(COC(C)(C)C)C1.CCN1CCCC1CC(O)COC(C)(C)C.CCN1CCCC1CCCOC(C)(C)C.CCN1CCCC1COC(C)(C)C. The van der Waals surface area contributed by atoms with Gasteiger partial charge in [0.05, 0.1) is 85.0 Å². The van der Waals surface area contributed by atoms with E-state index in [-0.39, 0.29) is 53.2 Å². The fourth-order valence-corrected chi connectivity index (χ4v) is 17.8. The van der Waals surface area contributed by atoms with Gasteiger partial charge in [-0.25, -0.2) is 0 Å². The second-order valence-corrected chi connectivity index (χ2v) is 47.2. The monoisotopic (exact) mass is 1780 g/mol. The van der Waals surface area contributed by atoms with E-state index in [9.17, 15) is 10.2 Å². The zero-order valence-corrected chi connectivity index (χ0v) is 89.8. The number of likely N-dealkylation sites (N-methyl/N-ethyl adjacent to an activating group) is 1. The molecule has 9 aliphatic heterocycles. The van der Waals surface area contributed by atoms with Crippen molar-refractivity contribution in [3.63, 3.8) is 0 Å². The van der Waals surface area contributed by atoms with Gasteiger partial charge in [0.15, 0.2) is 0 Å². The van der Waals surface area contributed by atoms with E-state index in [0.717, 1.165) is 108 Å². The molecule has 0 aromatic heterocycles. The second kappa shape index (κ2) is 65.1. The Kier molecular flexibility index (Phi) is 64.7. The number of ether oxygens (including phenoxy) is 7. The van der Waals surface area contributed by atoms with Gasteiger partial charge in [-0.2, -0.15) is 0 Å². The minimum absolute atomic E-state index is 0. The quantitative estimate of drug-likeness (QED) is 0.0576. The molecule has 9 atom stereocenters. The number of aliphatic hydroxyl groups is 2. The molecule has 18 heteroatoms. The van der Waals surface area contributed by atoms with Crippen LogP contribution in [-0.4, -0.2) is 328 Å². The predicted molar refractivity (Wildman–Crippen MR) is 542 cm³/mol. The van der Waals surface area contributed by atoms with Gasteiger partial charge in [-0.1, -0.05) is 111 Å². The number of hydrogen-bond donors (Lipinski definition) is 2. The van der Waals surface area contributed by atoms with Crippen LogP contribution < -0.4 is 0 Å². The maximum atomic E-state index is 9.93. The van der Waals surface area contributed by atoms with Crippen molar-refractivity contribution in [1.82, 2.24) is 44.1 Å². The first-order valence-corrected chi connectivity index (χ1v) is 52.0. The Labute approximate surface area is 781 Å². The van der Waals surface area contributed by atoms with E-state index < -0.39 is 0 Å². The van der Waals surface area contributed by atoms with Crippen LogP contribution >= 0.6 is 0 Å². The van der Waals surface area contributed by atoms with Crippen LogP contribution in [0.4, 0.5) is 0 Å². The summed E-state index contributed by atoms with van der Waals surface area (Å²) in [6.07, 6.45) is 25.5. The Hall–Kier alpha value is -0.720. The summed E-state index contributed by atoms with van der Waals surface area (Å²) in [7, 11) is 0. The molecule has 2 N–H and O–H groups in total. The highest BCUT2D eigenvalue weighted by atomic mass is 16.5. The molecule has 9 rings (SSSR count). The highest BCUT2D eigenvalue weighted by molar-refractivity contribution is 4.86. The summed E-state index contributed by atoms with van der Waals surface area (Å²) in [4.78, 5) is 22.6. The van der Waals surface area contributed by atoms with Crippen LogP contribution in [0.25, 0.3) is 0 Å². The Balaban J connectivity index is 0.00000139. The van der Waals surface area contributed by atoms with E-state index in [1.807, 2.05) is 41.5 Å². The van der Waals surface area contributed by atoms with Crippen molar-refractivity contribution in [1.29, 1.82) is 0 Å². The van der Waals surface area contributed by atoms with Gasteiger partial charge >= 0.3 is 0 Å². The van der Waals surface area contributed by atoms with Gasteiger partial charge in [0, 0.05) is 89.6 Å². The van der Waals surface area contributed by atoms with Crippen molar-refractivity contribution in [3.8, 4) is 0 Å². The molecule has 0 bridgehead atoms. The molecule has 9 unspecified atom stereocenters. The Morgan fingerprint density at radius 3 is 0.984 bits per heavy atom. The summed E-state index contributed by atoms with van der Waals surface area (Å²) in [5, 5.41) is 19.8. The number of aliphatic hydroxyl groups excluding tert-OH is 2. The average molecular weight is 1780 g/mol. The molecule has 125 heavy (non-hydrogen) atoms. The van der Waals surface area contributed by atoms with Gasteiger partial charge in [-0.3, -0.25) is 4.90 Å². The topological polar surface area (TPSA) is 134 Å². The van der Waals surface area contributed by atoms with Crippen molar-refractivity contribution in [2.24, 2.45) is 46.3 Å². The molecule has 18 nitrogen and oxygen atoms in total. The maximum absolute atomic E-state index is 9.93. The smallest absolute Gasteiger partial charge is 0.0788 e. The number of likely N-dealkylation sites (tertiary alicyclic amines) is 9. The van der Waals surface area contributed by atoms with Crippen molar-refractivity contribution in [2.45, 2.75) is 448 Å². The number of rotatable bonds is 36. The average Bonchev–Trinajstić information content (AvgIpc) is 1.86. The Morgan fingerprint density at radius 2 is 0.600 bits per heavy atom. The molecule has 0 saturated carbocycles. The summed E-state index contributed by atoms with van der Waals surface area (Å²) in [6.45, 7) is 111. The lowest BCUT2D eigenvalue weighted by atomic mass is 9.84. The van der Waals surface area contributed by atoms with E-state index in [1.54, 1.807) is 0 Å². The molecule has 0 aliphatic carbocycles. The minimum atomic E-state index is -0.323. The lowest BCUT2D eigenvalue weighted by Crippen LogP contribution is -2.48. The van der Waals surface area contributed by atoms with Gasteiger partial charge < -0.3 is 82.6 Å². The maximum Gasteiger partial charge on any atom is 0.0788 e. The molecule has 0 amide bonds. The second-order valence-electron chi connectivity index (χ2n) is 47.2. The van der Waals surface area contributed by atoms with Crippen LogP contribution in [-0.2, 0) is 33.2 Å². The van der Waals surface area contributed by atoms with Crippen molar-refractivity contribution in [3.05, 3.63) is 0 Å². The van der Waals surface area contributed by atoms with Gasteiger partial charge in [0.1, 0.15) is 0 Å². The van der Waals surface area contributed by atoms with Crippen LogP contribution in [0.1, 0.15) is 378 Å². The zero-order valence-electron chi connectivity index (χ0n) is 89.8. The van der Waals surface area contributed by atoms with Crippen LogP contribution in [0.2, 0.25) is 0 Å². The van der Waals surface area contributed by atoms with Crippen molar-refractivity contribution in [2.75, 3.05) is 203 Å². The lowest BCUT2D eigenvalue weighted by Gasteiger charge is -2.39. The highest BCUT2D eigenvalue weighted by Gasteiger charge is 2.33. The molecule has 0 radical (unpaired) electrons. The largest absolute Gasteiger partial charge is 0.391 e. The molecule has 9 saturated heterocycles. The predicted octanol–water partition coefficient (Wildman–Crippen LogP) is 22.3. The summed E-state index contributed by atoms with van der Waals surface area (Å²) in [5.41, 5.74) is 0.867. The molecular formula is C107H225N9O9. The van der Waals surface area contributed by atoms with E-state index >= 15 is 0 Å². The summed E-state index contributed by atoms with van der Waals surface area (Å²) in [6, 6.07) is 2.06. The first-order valence-electron chi connectivity index (χ1n) is 52.0. The fourth-order valence-electron chi connectivity index (χ4n) is 17.8. The third-order valence-electron chi connectivity index (χ3n) is 25.8. The van der Waals surface area contributed by atoms with Crippen LogP contribution in [0.15, 0.2) is 0 Å². The molecule has 0 aromatic carbocycles. The molecule has 0 spiro atoms. The van der Waals surface area contributed by atoms with Crippen LogP contribution in [0.5, 0.6) is 0 Å². The van der Waals surface area contributed by atoms with E-state index in [1.165, 1.54) is 246 Å². The molecular weight excluding hydrogens is 1560 g/mol. The normalized spacial score (nSPS) is 23.8. The summed E-state index contributed by atoms with van der Waals surface area (Å²) < 4.78 is 39.8. The third kappa shape index (κ3) is 67.2. The van der Waals surface area contributed by atoms with Crippen molar-refractivity contribution < 1.29 is 43.4 Å². The first-order chi connectivity index (χ1) is 57.6. The summed E-state index contributed by atoms with van der Waals surface area (Å²) in [5.74, 6) is 5.13. The number of hydrogen-bond acceptors (Lipinski definition) is 18. The van der Waals surface area contributed by atoms with Gasteiger partial charge in [0.2, 0.25) is 0 Å². The number of nitrogens with zero attached hydrogens (tertiary/aromatic N) is 9. The standard InChI is InChI=1S/2C13H27NO2.2C13H27NO.C12H25N.2C11H23NO.C11H23N.C9H19NO.CH4/c1-5-14-7-6-11(9-14)8-12(15)10-16-13(2,3)4;1-5-14-8-6-7-11(14)9-12(15)10-16-13(2,3)4;1-5-14-10-6-8-12(14)9-7-11-15-13(2,3)4;1-5-14-9-8-12(11-14)7-6-10-15-13(2,3)4;1-5-13-9-7-11(10-13)6-8-12(2,3)4;1-5-12-7-6-10(8-12)9-13-11(2,3)4;1-5-12-8-6-7-10(12)9-13-11(2,3)4;1-5-12-8-10(9-12)6-7-11(2,3)4;1-4-10-5-9(6-10)7-11-8(2)3;/h2*11-12,15H,5-10H2,1-4H3;2*12H,5-11H2,1-4H3;11H,5-10H2,1-4H3;2*10H,5-9H2,1-4H3;10H,5-9H2,1-4H3;8-9H,4-7H2,1-3H3;1H4. The molecule has 752 valence electrons. The minimum Gasteiger partial charge on any atom is -0.391 e. The fraction of sp³-hybridized carbons (Fsp3) is 1.00. The third-order valence-corrected chi connectivity index (χ3v) is 25.8. The van der Waals surface area contributed by atoms with Gasteiger partial charge in [-0.05, 0) is 412 Å². The Morgan fingerprint density at radius 1 is 0.288 bits per heavy atom. The van der Waals surface area contributed by atoms with Crippen molar-refractivity contribution >= 4 is 0 Å². The first kappa shape index (κ1) is 124. The molecule has 9 fully saturated rings. The molecule has 9 heterocycles. The zero-order chi connectivity index (χ0) is 94.1. The van der Waals surface area contributed by atoms with Crippen LogP contribution in [0, 0.1) is 46.3 Å². The van der Waals surface area contributed by atoms with Gasteiger partial charge in [-0.15, -0.1) is 0 Å². The Bertz CT molecular complexity index is 2470. The van der Waals surface area contributed by atoms with E-state index in [2.05, 4.69) is 245 Å². The molecule has 9 aliphatic rings. The highest BCUT2D eigenvalue weighted by Crippen LogP contribution is 2.32. The lowest BCUT2D eigenvalue weighted by molar-refractivity contribution is -0.0550. The van der Waals surface area contributed by atoms with E-state index in [0.29, 0.717) is 48.1 Å². The van der Waals surface area contributed by atoms with Gasteiger partial charge in [0.25, 0.3) is 0 Å². The van der Waals surface area contributed by atoms with Crippen LogP contribution in [0.3, 0.4) is 0 Å². The summed E-state index contributed by atoms with van der Waals surface area (Å²) >= 11 is 0. The molecule has 0 aromatic rings. The van der Waals surface area contributed by atoms with E-state index in [4.69, 9.17) is 33.2 Å².